The molecule has 218 valence electrons. The quantitative estimate of drug-likeness (QED) is 0.183. The molecule has 2 N–H and O–H groups in total. The van der Waals surface area contributed by atoms with Crippen molar-refractivity contribution in [3.63, 3.8) is 0 Å². The van der Waals surface area contributed by atoms with E-state index < -0.39 is 11.9 Å². The van der Waals surface area contributed by atoms with Crippen LogP contribution in [0.5, 0.6) is 23.0 Å². The van der Waals surface area contributed by atoms with Gasteiger partial charge in [-0.15, -0.1) is 0 Å². The van der Waals surface area contributed by atoms with Gasteiger partial charge in [-0.1, -0.05) is 97.1 Å². The second kappa shape index (κ2) is 11.5. The third-order valence-electron chi connectivity index (χ3n) is 7.96. The van der Waals surface area contributed by atoms with Crippen LogP contribution in [0.4, 0.5) is 0 Å². The van der Waals surface area contributed by atoms with Crippen molar-refractivity contribution >= 4 is 11.9 Å². The first kappa shape index (κ1) is 27.7. The van der Waals surface area contributed by atoms with Crippen LogP contribution < -0.4 is 9.47 Å². The molecule has 6 aromatic carbocycles. The smallest absolute Gasteiger partial charge is 0.339 e. The Bertz CT molecular complexity index is 2080. The van der Waals surface area contributed by atoms with Gasteiger partial charge in [0.15, 0.2) is 0 Å². The summed E-state index contributed by atoms with van der Waals surface area (Å²) in [6, 6.07) is 40.4. The van der Waals surface area contributed by atoms with Gasteiger partial charge in [-0.3, -0.25) is 0 Å². The molecule has 0 aromatic heterocycles. The SMILES string of the molecule is O=C(O)c1cccc(-c2ccc3c(c2-c2cccc(C(=O)O)c2Oc2ccccc2)Cc2ccccc2-3)c1Oc1ccccc1. The first-order chi connectivity index (χ1) is 22.0. The Morgan fingerprint density at radius 1 is 0.467 bits per heavy atom. The van der Waals surface area contributed by atoms with Gasteiger partial charge in [0, 0.05) is 11.1 Å². The van der Waals surface area contributed by atoms with E-state index in [1.807, 2.05) is 72.8 Å². The van der Waals surface area contributed by atoms with Crippen LogP contribution in [0.15, 0.2) is 133 Å². The molecule has 1 aliphatic carbocycles. The van der Waals surface area contributed by atoms with Gasteiger partial charge in [0.1, 0.15) is 34.1 Å². The molecule has 0 fully saturated rings. The van der Waals surface area contributed by atoms with Crippen LogP contribution in [0.1, 0.15) is 31.8 Å². The Kier molecular flexibility index (Phi) is 7.08. The Balaban J connectivity index is 1.54. The molecule has 0 amide bonds. The predicted molar refractivity (Wildman–Crippen MR) is 173 cm³/mol. The summed E-state index contributed by atoms with van der Waals surface area (Å²) in [5.74, 6) is -0.885. The molecule has 0 bridgehead atoms. The minimum absolute atomic E-state index is 0.00568. The fourth-order valence-electron chi connectivity index (χ4n) is 6.00. The standard InChI is InChI=1S/C39H26O6/c40-38(41)32-19-9-17-30(36(32)44-25-12-3-1-4-13-25)29-22-21-28-27-16-8-7-11-24(27)23-34(28)35(29)31-18-10-20-33(39(42)43)37(31)45-26-14-5-2-6-15-26/h1-22H,23H2,(H,40,41)(H,42,43). The van der Waals surface area contributed by atoms with E-state index >= 15 is 0 Å². The summed E-state index contributed by atoms with van der Waals surface area (Å²) in [5.41, 5.74) is 6.84. The highest BCUT2D eigenvalue weighted by molar-refractivity contribution is 6.02. The number of carboxylic acids is 2. The molecule has 6 heteroatoms. The molecule has 6 aromatic rings. The Labute approximate surface area is 259 Å². The molecule has 0 saturated heterocycles. The monoisotopic (exact) mass is 590 g/mol. The number of ether oxygens (including phenoxy) is 2. The summed E-state index contributed by atoms with van der Waals surface area (Å²) in [7, 11) is 0. The number of carbonyl (C=O) groups is 2. The fourth-order valence-corrected chi connectivity index (χ4v) is 6.00. The van der Waals surface area contributed by atoms with E-state index in [4.69, 9.17) is 9.47 Å². The lowest BCUT2D eigenvalue weighted by atomic mass is 9.86. The van der Waals surface area contributed by atoms with E-state index in [0.29, 0.717) is 34.6 Å². The van der Waals surface area contributed by atoms with Crippen LogP contribution in [0.3, 0.4) is 0 Å². The summed E-state index contributed by atoms with van der Waals surface area (Å²) in [5, 5.41) is 20.5. The molecular weight excluding hydrogens is 564 g/mol. The fraction of sp³-hybridized carbons (Fsp3) is 0.0256. The topological polar surface area (TPSA) is 93.1 Å². The van der Waals surface area contributed by atoms with E-state index in [9.17, 15) is 19.8 Å². The van der Waals surface area contributed by atoms with Crippen molar-refractivity contribution < 1.29 is 29.3 Å². The molecule has 0 aliphatic heterocycles. The van der Waals surface area contributed by atoms with Gasteiger partial charge in [0.25, 0.3) is 0 Å². The first-order valence-corrected chi connectivity index (χ1v) is 14.4. The van der Waals surface area contributed by atoms with Crippen molar-refractivity contribution in [1.29, 1.82) is 0 Å². The van der Waals surface area contributed by atoms with Crippen LogP contribution in [-0.4, -0.2) is 22.2 Å². The normalized spacial score (nSPS) is 11.4. The van der Waals surface area contributed by atoms with E-state index in [2.05, 4.69) is 12.1 Å². The van der Waals surface area contributed by atoms with Crippen LogP contribution >= 0.6 is 0 Å². The van der Waals surface area contributed by atoms with Crippen molar-refractivity contribution in [2.75, 3.05) is 0 Å². The van der Waals surface area contributed by atoms with Gasteiger partial charge < -0.3 is 19.7 Å². The second-order valence-electron chi connectivity index (χ2n) is 10.7. The van der Waals surface area contributed by atoms with Crippen LogP contribution in [0, 0.1) is 0 Å². The van der Waals surface area contributed by atoms with Crippen LogP contribution in [-0.2, 0) is 6.42 Å². The van der Waals surface area contributed by atoms with Gasteiger partial charge in [-0.25, -0.2) is 9.59 Å². The third kappa shape index (κ3) is 5.08. The average molecular weight is 591 g/mol. The molecular formula is C39H26O6. The largest absolute Gasteiger partial charge is 0.478 e. The van der Waals surface area contributed by atoms with E-state index in [0.717, 1.165) is 27.8 Å². The molecule has 0 unspecified atom stereocenters. The number of hydrogen-bond donors (Lipinski definition) is 2. The number of carboxylic acid groups (broad SMARTS) is 2. The predicted octanol–water partition coefficient (Wildman–Crippen LogP) is 9.57. The molecule has 1 aliphatic rings. The number of fused-ring (bicyclic) bond motifs is 3. The van der Waals surface area contributed by atoms with Gasteiger partial charge in [-0.05, 0) is 76.2 Å². The highest BCUT2D eigenvalue weighted by Gasteiger charge is 2.29. The number of hydrogen-bond acceptors (Lipinski definition) is 4. The third-order valence-corrected chi connectivity index (χ3v) is 7.96. The Morgan fingerprint density at radius 2 is 0.956 bits per heavy atom. The lowest BCUT2D eigenvalue weighted by Gasteiger charge is -2.22. The van der Waals surface area contributed by atoms with E-state index in [1.165, 1.54) is 12.1 Å². The minimum Gasteiger partial charge on any atom is -0.478 e. The maximum absolute atomic E-state index is 12.6. The zero-order valence-electron chi connectivity index (χ0n) is 23.9. The van der Waals surface area contributed by atoms with E-state index in [1.54, 1.807) is 36.4 Å². The molecule has 0 radical (unpaired) electrons. The summed E-state index contributed by atoms with van der Waals surface area (Å²) >= 11 is 0. The van der Waals surface area contributed by atoms with Crippen molar-refractivity contribution in [2.24, 2.45) is 0 Å². The molecule has 0 spiro atoms. The number of para-hydroxylation sites is 4. The highest BCUT2D eigenvalue weighted by Crippen LogP contribution is 2.51. The number of rotatable bonds is 8. The summed E-state index contributed by atoms with van der Waals surface area (Å²) < 4.78 is 12.7. The Hall–Kier alpha value is -6.14. The maximum atomic E-state index is 12.6. The maximum Gasteiger partial charge on any atom is 0.339 e. The number of benzene rings is 6. The molecule has 45 heavy (non-hydrogen) atoms. The van der Waals surface area contributed by atoms with Gasteiger partial charge >= 0.3 is 11.9 Å². The lowest BCUT2D eigenvalue weighted by molar-refractivity contribution is 0.0683. The summed E-state index contributed by atoms with van der Waals surface area (Å²) in [6.45, 7) is 0. The number of aromatic carboxylic acids is 2. The molecule has 7 rings (SSSR count). The summed E-state index contributed by atoms with van der Waals surface area (Å²) in [6.07, 6.45) is 0.601. The summed E-state index contributed by atoms with van der Waals surface area (Å²) in [4.78, 5) is 25.1. The van der Waals surface area contributed by atoms with Crippen molar-refractivity contribution in [3.05, 3.63) is 156 Å². The minimum atomic E-state index is -1.13. The highest BCUT2D eigenvalue weighted by atomic mass is 16.5. The van der Waals surface area contributed by atoms with Gasteiger partial charge in [-0.2, -0.15) is 0 Å². The first-order valence-electron chi connectivity index (χ1n) is 14.4. The van der Waals surface area contributed by atoms with Crippen LogP contribution in [0.2, 0.25) is 0 Å². The van der Waals surface area contributed by atoms with Crippen molar-refractivity contribution in [2.45, 2.75) is 6.42 Å². The molecule has 0 saturated carbocycles. The van der Waals surface area contributed by atoms with E-state index in [-0.39, 0.29) is 22.6 Å². The van der Waals surface area contributed by atoms with Crippen molar-refractivity contribution in [3.8, 4) is 56.4 Å². The van der Waals surface area contributed by atoms with Crippen LogP contribution in [0.25, 0.3) is 33.4 Å². The molecule has 6 nitrogen and oxygen atoms in total. The molecule has 0 heterocycles. The van der Waals surface area contributed by atoms with Gasteiger partial charge in [0.2, 0.25) is 0 Å². The zero-order chi connectivity index (χ0) is 30.9. The lowest BCUT2D eigenvalue weighted by Crippen LogP contribution is -2.05. The second-order valence-corrected chi connectivity index (χ2v) is 10.7. The average Bonchev–Trinajstić information content (AvgIpc) is 3.44. The van der Waals surface area contributed by atoms with Crippen molar-refractivity contribution in [1.82, 2.24) is 0 Å². The van der Waals surface area contributed by atoms with Gasteiger partial charge in [0.05, 0.1) is 0 Å². The Morgan fingerprint density at radius 3 is 1.56 bits per heavy atom. The molecule has 0 atom stereocenters. The zero-order valence-corrected chi connectivity index (χ0v) is 23.9.